The van der Waals surface area contributed by atoms with Crippen LogP contribution >= 0.6 is 0 Å². The molecule has 46 heavy (non-hydrogen) atoms. The number of sulfonamides is 1. The van der Waals surface area contributed by atoms with Crippen molar-refractivity contribution in [3.8, 4) is 5.75 Å². The fourth-order valence-corrected chi connectivity index (χ4v) is 6.87. The van der Waals surface area contributed by atoms with Crippen molar-refractivity contribution in [3.05, 3.63) is 149 Å². The third-order valence-corrected chi connectivity index (χ3v) is 9.71. The summed E-state index contributed by atoms with van der Waals surface area (Å²) in [5.74, 6) is 0.729. The Balaban J connectivity index is 1.52. The van der Waals surface area contributed by atoms with Crippen LogP contribution in [-0.4, -0.2) is 21.4 Å². The maximum absolute atomic E-state index is 14.7. The van der Waals surface area contributed by atoms with Crippen LogP contribution in [0.15, 0.2) is 126 Å². The molecule has 0 aromatic heterocycles. The number of amides is 1. The van der Waals surface area contributed by atoms with Gasteiger partial charge in [-0.05, 0) is 84.1 Å². The Kier molecular flexibility index (Phi) is 8.56. The summed E-state index contributed by atoms with van der Waals surface area (Å²) in [5, 5.41) is 0. The number of nitrogens with zero attached hydrogens (tertiary/aromatic N) is 2. The van der Waals surface area contributed by atoms with Gasteiger partial charge in [-0.1, -0.05) is 86.1 Å². The molecule has 234 valence electrons. The molecule has 1 aliphatic rings. The summed E-state index contributed by atoms with van der Waals surface area (Å²) in [6.45, 7) is 6.73. The summed E-state index contributed by atoms with van der Waals surface area (Å²) in [6, 6.07) is 37.7. The van der Waals surface area contributed by atoms with E-state index in [-0.39, 0.29) is 10.8 Å². The van der Waals surface area contributed by atoms with Gasteiger partial charge in [-0.3, -0.25) is 14.4 Å². The minimum Gasteiger partial charge on any atom is -0.497 e. The number of benzene rings is 5. The van der Waals surface area contributed by atoms with Gasteiger partial charge in [0.1, 0.15) is 11.9 Å². The second kappa shape index (κ2) is 12.7. The van der Waals surface area contributed by atoms with Crippen LogP contribution in [0.3, 0.4) is 0 Å². The average molecular weight is 632 g/mol. The summed E-state index contributed by atoms with van der Waals surface area (Å²) in [5.41, 5.74) is 6.29. The van der Waals surface area contributed by atoms with Gasteiger partial charge < -0.3 is 9.64 Å². The number of methoxy groups -OCH3 is 1. The lowest BCUT2D eigenvalue weighted by molar-refractivity contribution is 0.0968. The van der Waals surface area contributed by atoms with Crippen molar-refractivity contribution < 1.29 is 17.9 Å². The summed E-state index contributed by atoms with van der Waals surface area (Å²) in [4.78, 5) is 18.6. The highest BCUT2D eigenvalue weighted by Gasteiger charge is 2.40. The number of ether oxygens (including phenoxy) is 1. The number of hydrogen-bond acceptors (Lipinski definition) is 5. The van der Waals surface area contributed by atoms with E-state index in [0.29, 0.717) is 40.8 Å². The van der Waals surface area contributed by atoms with E-state index in [1.54, 1.807) is 36.3 Å². The summed E-state index contributed by atoms with van der Waals surface area (Å²) in [7, 11) is -2.38. The van der Waals surface area contributed by atoms with E-state index in [2.05, 4.69) is 59.9 Å². The molecule has 1 atom stereocenters. The number of carbonyl (C=O) groups excluding carboxylic acids is 1. The van der Waals surface area contributed by atoms with Crippen molar-refractivity contribution in [2.75, 3.05) is 21.6 Å². The molecule has 5 aromatic carbocycles. The van der Waals surface area contributed by atoms with Crippen molar-refractivity contribution in [3.63, 3.8) is 0 Å². The molecule has 1 heterocycles. The van der Waals surface area contributed by atoms with Gasteiger partial charge in [0.05, 0.1) is 23.3 Å². The van der Waals surface area contributed by atoms with E-state index in [1.165, 1.54) is 11.6 Å². The van der Waals surface area contributed by atoms with Gasteiger partial charge >= 0.3 is 0 Å². The van der Waals surface area contributed by atoms with Gasteiger partial charge in [0.15, 0.2) is 0 Å². The Morgan fingerprint density at radius 1 is 0.826 bits per heavy atom. The number of aryl methyl sites for hydroxylation is 1. The Bertz CT molecular complexity index is 1940. The zero-order chi connectivity index (χ0) is 32.4. The Hall–Kier alpha value is -5.08. The monoisotopic (exact) mass is 631 g/mol. The van der Waals surface area contributed by atoms with E-state index >= 15 is 0 Å². The summed E-state index contributed by atoms with van der Waals surface area (Å²) < 4.78 is 35.2. The molecule has 0 saturated heterocycles. The number of nitrogens with one attached hydrogen (secondary N) is 1. The number of carbonyl (C=O) groups is 1. The second-order valence-electron chi connectivity index (χ2n) is 11.8. The quantitative estimate of drug-likeness (QED) is 0.177. The van der Waals surface area contributed by atoms with Gasteiger partial charge in [0.2, 0.25) is 0 Å². The second-order valence-corrected chi connectivity index (χ2v) is 13.5. The third kappa shape index (κ3) is 6.21. The van der Waals surface area contributed by atoms with E-state index < -0.39 is 16.2 Å². The molecule has 6 rings (SSSR count). The van der Waals surface area contributed by atoms with Gasteiger partial charge in [-0.15, -0.1) is 0 Å². The first kappa shape index (κ1) is 30.9. The maximum atomic E-state index is 14.7. The average Bonchev–Trinajstić information content (AvgIpc) is 3.07. The topological polar surface area (TPSA) is 78.9 Å². The normalized spacial score (nSPS) is 14.7. The molecule has 0 spiro atoms. The molecule has 1 N–H and O–H groups in total. The minimum absolute atomic E-state index is 0.00857. The number of rotatable bonds is 9. The molecule has 0 saturated carbocycles. The predicted molar refractivity (Wildman–Crippen MR) is 184 cm³/mol. The summed E-state index contributed by atoms with van der Waals surface area (Å²) >= 11 is 0. The van der Waals surface area contributed by atoms with Crippen molar-refractivity contribution in [2.45, 2.75) is 44.3 Å². The van der Waals surface area contributed by atoms with Gasteiger partial charge in [-0.25, -0.2) is 8.42 Å². The summed E-state index contributed by atoms with van der Waals surface area (Å²) in [6.07, 6.45) is -0.511. The highest BCUT2D eigenvalue weighted by atomic mass is 32.2. The lowest BCUT2D eigenvalue weighted by Crippen LogP contribution is -2.49. The zero-order valence-electron chi connectivity index (χ0n) is 26.3. The van der Waals surface area contributed by atoms with Crippen molar-refractivity contribution in [2.24, 2.45) is 0 Å². The highest BCUT2D eigenvalue weighted by molar-refractivity contribution is 7.92. The van der Waals surface area contributed by atoms with Crippen LogP contribution in [0.4, 0.5) is 17.1 Å². The first-order valence-corrected chi connectivity index (χ1v) is 16.7. The molecule has 0 fully saturated rings. The first-order chi connectivity index (χ1) is 22.1. The Morgan fingerprint density at radius 3 is 2.13 bits per heavy atom. The number of fused-ring (bicyclic) bond motifs is 1. The zero-order valence-corrected chi connectivity index (χ0v) is 27.2. The van der Waals surface area contributed by atoms with E-state index in [0.717, 1.165) is 16.7 Å². The molecule has 1 amide bonds. The van der Waals surface area contributed by atoms with E-state index in [1.807, 2.05) is 61.5 Å². The van der Waals surface area contributed by atoms with Crippen LogP contribution < -0.4 is 19.3 Å². The SMILES string of the molecule is COc1ccc(N2C(=O)c3cc(S(=O)(=O)Nc4ccc(C)cc4)ccc3N(Cc3ccccc3)[C@H]2c2ccc(C(C)C)cc2)cc1. The number of anilines is 3. The fourth-order valence-electron chi connectivity index (χ4n) is 5.79. The molecule has 7 nitrogen and oxygen atoms in total. The third-order valence-electron chi connectivity index (χ3n) is 8.33. The standard InChI is InChI=1S/C38H37N3O4S/c1-26(2)29-12-14-30(15-13-29)37-40(25-28-8-6-5-7-9-28)36-23-22-34(46(43,44)39-31-16-10-27(3)11-17-31)24-35(36)38(42)41(37)32-18-20-33(45-4)21-19-32/h5-24,26,37,39H,25H2,1-4H3/t37-/m1/s1. The minimum atomic E-state index is -3.99. The van der Waals surface area contributed by atoms with Gasteiger partial charge in [0, 0.05) is 17.9 Å². The van der Waals surface area contributed by atoms with Gasteiger partial charge in [0.25, 0.3) is 15.9 Å². The van der Waals surface area contributed by atoms with Crippen LogP contribution in [0, 0.1) is 6.92 Å². The Morgan fingerprint density at radius 2 is 1.50 bits per heavy atom. The smallest absolute Gasteiger partial charge is 0.262 e. The largest absolute Gasteiger partial charge is 0.497 e. The lowest BCUT2D eigenvalue weighted by atomic mass is 9.96. The van der Waals surface area contributed by atoms with Crippen molar-refractivity contribution >= 4 is 33.0 Å². The van der Waals surface area contributed by atoms with E-state index in [4.69, 9.17) is 4.74 Å². The molecule has 0 bridgehead atoms. The molecular formula is C38H37N3O4S. The van der Waals surface area contributed by atoms with Crippen LogP contribution in [0.25, 0.3) is 0 Å². The maximum Gasteiger partial charge on any atom is 0.262 e. The molecule has 0 radical (unpaired) electrons. The molecule has 1 aliphatic heterocycles. The van der Waals surface area contributed by atoms with Crippen molar-refractivity contribution in [1.29, 1.82) is 0 Å². The van der Waals surface area contributed by atoms with Crippen LogP contribution in [-0.2, 0) is 16.6 Å². The molecular weight excluding hydrogens is 595 g/mol. The fraction of sp³-hybridized carbons (Fsp3) is 0.184. The molecule has 5 aromatic rings. The number of hydrogen-bond donors (Lipinski definition) is 1. The van der Waals surface area contributed by atoms with Crippen molar-refractivity contribution in [1.82, 2.24) is 0 Å². The molecule has 0 aliphatic carbocycles. The van der Waals surface area contributed by atoms with Crippen LogP contribution in [0.1, 0.15) is 58.5 Å². The highest BCUT2D eigenvalue weighted by Crippen LogP contribution is 2.43. The molecule has 8 heteroatoms. The van der Waals surface area contributed by atoms with E-state index in [9.17, 15) is 13.2 Å². The molecule has 0 unspecified atom stereocenters. The first-order valence-electron chi connectivity index (χ1n) is 15.3. The predicted octanol–water partition coefficient (Wildman–Crippen LogP) is 8.29. The lowest BCUT2D eigenvalue weighted by Gasteiger charge is -2.46. The van der Waals surface area contributed by atoms with Crippen LogP contribution in [0.2, 0.25) is 0 Å². The van der Waals surface area contributed by atoms with Crippen LogP contribution in [0.5, 0.6) is 5.75 Å². The van der Waals surface area contributed by atoms with Gasteiger partial charge in [-0.2, -0.15) is 0 Å². The Labute approximate surface area is 271 Å².